The highest BCUT2D eigenvalue weighted by Gasteiger charge is 2.30. The number of aryl methyl sites for hydroxylation is 2. The zero-order valence-electron chi connectivity index (χ0n) is 20.3. The van der Waals surface area contributed by atoms with Gasteiger partial charge < -0.3 is 16.0 Å². The molecule has 0 heterocycles. The van der Waals surface area contributed by atoms with Gasteiger partial charge in [-0.25, -0.2) is 0 Å². The minimum Gasteiger partial charge on any atom is -0.350 e. The summed E-state index contributed by atoms with van der Waals surface area (Å²) in [7, 11) is 0. The zero-order chi connectivity index (χ0) is 26.1. The summed E-state index contributed by atoms with van der Waals surface area (Å²) >= 11 is 0. The van der Waals surface area contributed by atoms with E-state index in [9.17, 15) is 22.8 Å². The average molecular weight is 498 g/mol. The fraction of sp³-hybridized carbons (Fsp3) is 0.286. The van der Waals surface area contributed by atoms with Crippen LogP contribution in [-0.4, -0.2) is 30.9 Å². The van der Waals surface area contributed by atoms with Gasteiger partial charge in [-0.15, -0.1) is 0 Å². The fourth-order valence-corrected chi connectivity index (χ4v) is 3.88. The molecule has 3 aromatic carbocycles. The van der Waals surface area contributed by atoms with Crippen LogP contribution in [0.25, 0.3) is 0 Å². The van der Waals surface area contributed by atoms with E-state index in [1.165, 1.54) is 22.8 Å². The number of hydrogen-bond acceptors (Lipinski definition) is 3. The maximum absolute atomic E-state index is 12.9. The minimum atomic E-state index is -4.55. The maximum atomic E-state index is 12.9. The van der Waals surface area contributed by atoms with E-state index in [2.05, 4.69) is 41.1 Å². The summed E-state index contributed by atoms with van der Waals surface area (Å²) in [6, 6.07) is 19.8. The van der Waals surface area contributed by atoms with Crippen molar-refractivity contribution in [1.82, 2.24) is 16.0 Å². The maximum Gasteiger partial charge on any atom is 0.416 e. The number of halogens is 3. The number of nitrogens with one attached hydrogen (secondary N) is 3. The van der Waals surface area contributed by atoms with E-state index >= 15 is 0 Å². The lowest BCUT2D eigenvalue weighted by Crippen LogP contribution is -2.47. The Kier molecular flexibility index (Phi) is 9.25. The highest BCUT2D eigenvalue weighted by molar-refractivity contribution is 5.96. The Morgan fingerprint density at radius 1 is 0.917 bits per heavy atom. The summed E-state index contributed by atoms with van der Waals surface area (Å²) < 4.78 is 38.7. The third-order valence-corrected chi connectivity index (χ3v) is 5.76. The van der Waals surface area contributed by atoms with Crippen molar-refractivity contribution in [1.29, 1.82) is 0 Å². The molecule has 190 valence electrons. The molecule has 0 aliphatic heterocycles. The number of carbonyl (C=O) groups excluding carboxylic acids is 2. The van der Waals surface area contributed by atoms with Gasteiger partial charge in [0.2, 0.25) is 5.91 Å². The molecule has 0 saturated carbocycles. The highest BCUT2D eigenvalue weighted by Crippen LogP contribution is 2.29. The number of benzene rings is 3. The van der Waals surface area contributed by atoms with Gasteiger partial charge in [0.05, 0.1) is 12.1 Å². The lowest BCUT2D eigenvalue weighted by Gasteiger charge is -2.20. The molecule has 0 bridgehead atoms. The van der Waals surface area contributed by atoms with Crippen molar-refractivity contribution in [3.8, 4) is 0 Å². The molecule has 0 radical (unpaired) electrons. The molecule has 3 rings (SSSR count). The molecule has 0 fully saturated rings. The van der Waals surface area contributed by atoms with Crippen LogP contribution in [0.15, 0.2) is 72.8 Å². The topological polar surface area (TPSA) is 70.2 Å². The van der Waals surface area contributed by atoms with Gasteiger partial charge in [-0.3, -0.25) is 9.59 Å². The van der Waals surface area contributed by atoms with Crippen LogP contribution in [0.2, 0.25) is 0 Å². The second-order valence-corrected chi connectivity index (χ2v) is 8.78. The first-order valence-electron chi connectivity index (χ1n) is 11.7. The van der Waals surface area contributed by atoms with Crippen LogP contribution in [0.4, 0.5) is 13.2 Å². The van der Waals surface area contributed by atoms with Crippen molar-refractivity contribution in [2.75, 3.05) is 13.1 Å². The number of rotatable bonds is 10. The van der Waals surface area contributed by atoms with E-state index < -0.39 is 23.6 Å². The first-order chi connectivity index (χ1) is 17.1. The average Bonchev–Trinajstić information content (AvgIpc) is 2.84. The smallest absolute Gasteiger partial charge is 0.350 e. The monoisotopic (exact) mass is 497 g/mol. The van der Waals surface area contributed by atoms with Gasteiger partial charge in [-0.2, -0.15) is 13.2 Å². The van der Waals surface area contributed by atoms with E-state index in [4.69, 9.17) is 0 Å². The Hall–Kier alpha value is -3.65. The van der Waals surface area contributed by atoms with E-state index in [0.29, 0.717) is 19.5 Å². The Labute approximate surface area is 209 Å². The van der Waals surface area contributed by atoms with Crippen molar-refractivity contribution in [2.45, 2.75) is 39.0 Å². The molecule has 36 heavy (non-hydrogen) atoms. The molecule has 0 aliphatic rings. The van der Waals surface area contributed by atoms with Crippen molar-refractivity contribution < 1.29 is 22.8 Å². The lowest BCUT2D eigenvalue weighted by molar-refractivity contribution is -0.137. The Morgan fingerprint density at radius 2 is 1.67 bits per heavy atom. The molecule has 0 spiro atoms. The van der Waals surface area contributed by atoms with Gasteiger partial charge in [-0.1, -0.05) is 60.2 Å². The summed E-state index contributed by atoms with van der Waals surface area (Å²) in [6.45, 7) is 4.88. The molecule has 3 aromatic rings. The van der Waals surface area contributed by atoms with E-state index in [1.807, 2.05) is 37.3 Å². The number of alkyl halides is 3. The molecule has 2 amide bonds. The van der Waals surface area contributed by atoms with Crippen LogP contribution >= 0.6 is 0 Å². The van der Waals surface area contributed by atoms with Gasteiger partial charge in [0.25, 0.3) is 5.91 Å². The molecule has 1 atom stereocenters. The predicted molar refractivity (Wildman–Crippen MR) is 133 cm³/mol. The fourth-order valence-electron chi connectivity index (χ4n) is 3.88. The summed E-state index contributed by atoms with van der Waals surface area (Å²) in [6.07, 6.45) is -3.98. The van der Waals surface area contributed by atoms with Gasteiger partial charge in [0.15, 0.2) is 0 Å². The molecular weight excluding hydrogens is 467 g/mol. The van der Waals surface area contributed by atoms with Gasteiger partial charge in [0, 0.05) is 24.7 Å². The summed E-state index contributed by atoms with van der Waals surface area (Å²) in [5.74, 6) is -1.17. The lowest BCUT2D eigenvalue weighted by atomic mass is 10.0. The summed E-state index contributed by atoms with van der Waals surface area (Å²) in [4.78, 5) is 24.9. The van der Waals surface area contributed by atoms with E-state index in [1.54, 1.807) is 0 Å². The first kappa shape index (κ1) is 26.9. The third kappa shape index (κ3) is 8.23. The normalized spacial score (nSPS) is 12.1. The van der Waals surface area contributed by atoms with E-state index in [0.717, 1.165) is 23.8 Å². The Balaban J connectivity index is 1.58. The number of hydrogen-bond donors (Lipinski definition) is 3. The van der Waals surface area contributed by atoms with Crippen LogP contribution in [0.5, 0.6) is 0 Å². The summed E-state index contributed by atoms with van der Waals surface area (Å²) in [5, 5.41) is 8.71. The van der Waals surface area contributed by atoms with Crippen LogP contribution in [-0.2, 0) is 23.9 Å². The van der Waals surface area contributed by atoms with Crippen molar-refractivity contribution in [3.05, 3.63) is 106 Å². The van der Waals surface area contributed by atoms with E-state index in [-0.39, 0.29) is 18.2 Å². The number of carbonyl (C=O) groups is 2. The van der Waals surface area contributed by atoms with Gasteiger partial charge in [-0.05, 0) is 55.2 Å². The molecule has 0 saturated heterocycles. The van der Waals surface area contributed by atoms with Crippen molar-refractivity contribution >= 4 is 11.8 Å². The number of amides is 2. The van der Waals surface area contributed by atoms with Crippen LogP contribution < -0.4 is 16.0 Å². The van der Waals surface area contributed by atoms with Crippen LogP contribution in [0.3, 0.4) is 0 Å². The first-order valence-corrected chi connectivity index (χ1v) is 11.7. The minimum absolute atomic E-state index is 0.159. The second-order valence-electron chi connectivity index (χ2n) is 8.78. The molecule has 0 aliphatic carbocycles. The Morgan fingerprint density at radius 3 is 2.36 bits per heavy atom. The van der Waals surface area contributed by atoms with Crippen LogP contribution in [0, 0.1) is 13.8 Å². The standard InChI is InChI=1S/C28H30F3N3O2/c1-19-11-12-23(20(2)13-19)16-32-17-25(14-21-7-4-3-5-8-21)34-26(35)18-33-27(36)22-9-6-10-24(15-22)28(29,30)31/h3-13,15,25,32H,14,16-18H2,1-2H3,(H,33,36)(H,34,35)/t25-/m1/s1. The molecule has 5 nitrogen and oxygen atoms in total. The molecule has 0 aromatic heterocycles. The van der Waals surface area contributed by atoms with Crippen molar-refractivity contribution in [3.63, 3.8) is 0 Å². The SMILES string of the molecule is Cc1ccc(CNC[C@@H](Cc2ccccc2)NC(=O)CNC(=O)c2cccc(C(F)(F)F)c2)c(C)c1. The largest absolute Gasteiger partial charge is 0.416 e. The molecular formula is C28H30F3N3O2. The van der Waals surface area contributed by atoms with Gasteiger partial charge >= 0.3 is 6.18 Å². The van der Waals surface area contributed by atoms with Crippen molar-refractivity contribution in [2.24, 2.45) is 0 Å². The zero-order valence-corrected chi connectivity index (χ0v) is 20.3. The van der Waals surface area contributed by atoms with Gasteiger partial charge in [0.1, 0.15) is 0 Å². The summed E-state index contributed by atoms with van der Waals surface area (Å²) in [5.41, 5.74) is 3.51. The highest BCUT2D eigenvalue weighted by atomic mass is 19.4. The van der Waals surface area contributed by atoms with Crippen LogP contribution in [0.1, 0.15) is 38.2 Å². The second kappa shape index (κ2) is 12.4. The quantitative estimate of drug-likeness (QED) is 0.384. The molecule has 3 N–H and O–H groups in total. The molecule has 8 heteroatoms. The predicted octanol–water partition coefficient (Wildman–Crippen LogP) is 4.57. The molecule has 0 unspecified atom stereocenters. The third-order valence-electron chi connectivity index (χ3n) is 5.76. The Bertz CT molecular complexity index is 1180.